The summed E-state index contributed by atoms with van der Waals surface area (Å²) in [6.45, 7) is 5.06. The third kappa shape index (κ3) is 3.23. The van der Waals surface area contributed by atoms with Crippen LogP contribution in [0.3, 0.4) is 0 Å². The second kappa shape index (κ2) is 7.13. The summed E-state index contributed by atoms with van der Waals surface area (Å²) in [5, 5.41) is 2.03. The van der Waals surface area contributed by atoms with E-state index >= 15 is 0 Å². The zero-order valence-electron chi connectivity index (χ0n) is 13.9. The van der Waals surface area contributed by atoms with E-state index in [1.54, 1.807) is 4.90 Å². The number of hydrogen-bond donors (Lipinski definition) is 0. The summed E-state index contributed by atoms with van der Waals surface area (Å²) in [5.74, 6) is 0.324. The number of nitrogens with zero attached hydrogens (tertiary/aromatic N) is 2. The zero-order valence-corrected chi connectivity index (χ0v) is 13.9. The quantitative estimate of drug-likeness (QED) is 0.697. The van der Waals surface area contributed by atoms with E-state index in [9.17, 15) is 4.79 Å². The minimum absolute atomic E-state index is 0.324. The summed E-state index contributed by atoms with van der Waals surface area (Å²) in [4.78, 5) is 18.4. The van der Waals surface area contributed by atoms with Crippen molar-refractivity contribution >= 4 is 16.9 Å². The second-order valence-corrected chi connectivity index (χ2v) is 5.44. The van der Waals surface area contributed by atoms with Crippen LogP contribution in [0.4, 0.5) is 4.79 Å². The van der Waals surface area contributed by atoms with Gasteiger partial charge in [0.1, 0.15) is 0 Å². The number of pyridine rings is 1. The van der Waals surface area contributed by atoms with E-state index in [0.29, 0.717) is 19.0 Å². The molecule has 3 aromatic rings. The lowest BCUT2D eigenvalue weighted by Gasteiger charge is -2.18. The van der Waals surface area contributed by atoms with Crippen LogP contribution < -0.4 is 4.74 Å². The van der Waals surface area contributed by atoms with Crippen molar-refractivity contribution in [1.82, 2.24) is 9.88 Å². The molecule has 0 unspecified atom stereocenters. The van der Waals surface area contributed by atoms with E-state index in [0.717, 1.165) is 22.0 Å². The number of amides is 1. The molecule has 1 aromatic heterocycles. The average molecular weight is 320 g/mol. The molecule has 1 amide bonds. The first kappa shape index (κ1) is 16.0. The molecular formula is C20H20N2O2. The first-order chi connectivity index (χ1) is 11.7. The minimum atomic E-state index is -0.373. The Hall–Kier alpha value is -2.88. The smallest absolute Gasteiger partial charge is 0.391 e. The highest BCUT2D eigenvalue weighted by Crippen LogP contribution is 2.29. The van der Waals surface area contributed by atoms with Gasteiger partial charge in [0.25, 0.3) is 0 Å². The maximum absolute atomic E-state index is 12.2. The molecule has 122 valence electrons. The van der Waals surface area contributed by atoms with Crippen LogP contribution in [-0.4, -0.2) is 29.1 Å². The monoisotopic (exact) mass is 320 g/mol. The molecule has 4 heteroatoms. The standard InChI is InChI=1S/C20H20N2O2/c1-3-22(4-2)20(23)24-18-14-16-12-8-9-13-17(16)19(21-18)15-10-6-5-7-11-15/h5-14H,3-4H2,1-2H3. The van der Waals surface area contributed by atoms with Crippen molar-refractivity contribution < 1.29 is 9.53 Å². The number of fused-ring (bicyclic) bond motifs is 1. The highest BCUT2D eigenvalue weighted by Gasteiger charge is 2.15. The normalized spacial score (nSPS) is 10.6. The lowest BCUT2D eigenvalue weighted by Crippen LogP contribution is -2.33. The van der Waals surface area contributed by atoms with Crippen molar-refractivity contribution in [2.75, 3.05) is 13.1 Å². The first-order valence-electron chi connectivity index (χ1n) is 8.15. The van der Waals surface area contributed by atoms with Crippen molar-refractivity contribution in [1.29, 1.82) is 0 Å². The second-order valence-electron chi connectivity index (χ2n) is 5.44. The van der Waals surface area contributed by atoms with Gasteiger partial charge in [-0.1, -0.05) is 54.6 Å². The summed E-state index contributed by atoms with van der Waals surface area (Å²) in [6.07, 6.45) is -0.373. The third-order valence-electron chi connectivity index (χ3n) is 3.98. The fourth-order valence-electron chi connectivity index (χ4n) is 2.68. The van der Waals surface area contributed by atoms with Crippen molar-refractivity contribution in [3.63, 3.8) is 0 Å². The van der Waals surface area contributed by atoms with Crippen molar-refractivity contribution in [3.05, 3.63) is 60.7 Å². The Morgan fingerprint density at radius 2 is 1.67 bits per heavy atom. The largest absolute Gasteiger partial charge is 0.416 e. The molecule has 0 radical (unpaired) electrons. The van der Waals surface area contributed by atoms with Gasteiger partial charge >= 0.3 is 6.09 Å². The number of hydrogen-bond acceptors (Lipinski definition) is 3. The van der Waals surface area contributed by atoms with Crippen molar-refractivity contribution in [2.45, 2.75) is 13.8 Å². The molecule has 0 spiro atoms. The molecule has 2 aromatic carbocycles. The topological polar surface area (TPSA) is 42.4 Å². The van der Waals surface area contributed by atoms with E-state index in [1.807, 2.05) is 74.5 Å². The summed E-state index contributed by atoms with van der Waals surface area (Å²) in [6, 6.07) is 19.7. The Balaban J connectivity index is 2.06. The van der Waals surface area contributed by atoms with Gasteiger partial charge in [-0.15, -0.1) is 0 Å². The summed E-state index contributed by atoms with van der Waals surface area (Å²) >= 11 is 0. The minimum Gasteiger partial charge on any atom is -0.391 e. The number of carbonyl (C=O) groups is 1. The number of aromatic nitrogens is 1. The Morgan fingerprint density at radius 3 is 2.38 bits per heavy atom. The third-order valence-corrected chi connectivity index (χ3v) is 3.98. The average Bonchev–Trinajstić information content (AvgIpc) is 2.63. The van der Waals surface area contributed by atoms with Gasteiger partial charge in [0.05, 0.1) is 5.69 Å². The van der Waals surface area contributed by atoms with Gasteiger partial charge in [0.2, 0.25) is 5.88 Å². The molecular weight excluding hydrogens is 300 g/mol. The van der Waals surface area contributed by atoms with Crippen molar-refractivity contribution in [3.8, 4) is 17.1 Å². The summed E-state index contributed by atoms with van der Waals surface area (Å²) < 4.78 is 5.50. The van der Waals surface area contributed by atoms with Gasteiger partial charge in [-0.25, -0.2) is 9.78 Å². The van der Waals surface area contributed by atoms with E-state index in [2.05, 4.69) is 4.98 Å². The maximum Gasteiger partial charge on any atom is 0.416 e. The van der Waals surface area contributed by atoms with Gasteiger partial charge < -0.3 is 9.64 Å². The van der Waals surface area contributed by atoms with Crippen LogP contribution >= 0.6 is 0 Å². The van der Waals surface area contributed by atoms with Crippen LogP contribution in [-0.2, 0) is 0 Å². The fourth-order valence-corrected chi connectivity index (χ4v) is 2.68. The van der Waals surface area contributed by atoms with Crippen LogP contribution in [0.2, 0.25) is 0 Å². The van der Waals surface area contributed by atoms with Gasteiger partial charge in [-0.3, -0.25) is 0 Å². The van der Waals surface area contributed by atoms with Crippen LogP contribution in [0.25, 0.3) is 22.0 Å². The summed E-state index contributed by atoms with van der Waals surface area (Å²) in [7, 11) is 0. The van der Waals surface area contributed by atoms with Gasteiger partial charge in [0, 0.05) is 30.1 Å². The number of ether oxygens (including phenoxy) is 1. The SMILES string of the molecule is CCN(CC)C(=O)Oc1cc2ccccc2c(-c2ccccc2)n1. The van der Waals surface area contributed by atoms with E-state index < -0.39 is 0 Å². The van der Waals surface area contributed by atoms with Gasteiger partial charge in [-0.05, 0) is 19.2 Å². The number of rotatable bonds is 4. The summed E-state index contributed by atoms with van der Waals surface area (Å²) in [5.41, 5.74) is 1.81. The maximum atomic E-state index is 12.2. The molecule has 0 atom stereocenters. The molecule has 0 aliphatic rings. The number of carbonyl (C=O) groups excluding carboxylic acids is 1. The van der Waals surface area contributed by atoms with Crippen LogP contribution in [0.5, 0.6) is 5.88 Å². The van der Waals surface area contributed by atoms with Crippen LogP contribution in [0, 0.1) is 0 Å². The molecule has 0 aliphatic carbocycles. The lowest BCUT2D eigenvalue weighted by atomic mass is 10.0. The highest BCUT2D eigenvalue weighted by atomic mass is 16.6. The molecule has 24 heavy (non-hydrogen) atoms. The molecule has 3 rings (SSSR count). The Kier molecular flexibility index (Phi) is 4.75. The predicted molar refractivity (Wildman–Crippen MR) is 96.1 cm³/mol. The molecule has 4 nitrogen and oxygen atoms in total. The molecule has 0 aliphatic heterocycles. The van der Waals surface area contributed by atoms with Crippen molar-refractivity contribution in [2.24, 2.45) is 0 Å². The van der Waals surface area contributed by atoms with Crippen LogP contribution in [0.1, 0.15) is 13.8 Å². The molecule has 1 heterocycles. The predicted octanol–water partition coefficient (Wildman–Crippen LogP) is 4.74. The first-order valence-corrected chi connectivity index (χ1v) is 8.15. The molecule has 0 saturated carbocycles. The Labute approximate surface area is 141 Å². The van der Waals surface area contributed by atoms with Gasteiger partial charge in [-0.2, -0.15) is 0 Å². The van der Waals surface area contributed by atoms with E-state index in [1.165, 1.54) is 0 Å². The Bertz CT molecular complexity index is 843. The molecule has 0 N–H and O–H groups in total. The highest BCUT2D eigenvalue weighted by molar-refractivity contribution is 5.95. The zero-order chi connectivity index (χ0) is 16.9. The van der Waals surface area contributed by atoms with Gasteiger partial charge in [0.15, 0.2) is 0 Å². The molecule has 0 fully saturated rings. The molecule has 0 bridgehead atoms. The Morgan fingerprint density at radius 1 is 1.00 bits per heavy atom. The molecule has 0 saturated heterocycles. The number of benzene rings is 2. The van der Waals surface area contributed by atoms with E-state index in [4.69, 9.17) is 4.74 Å². The lowest BCUT2D eigenvalue weighted by molar-refractivity contribution is 0.155. The van der Waals surface area contributed by atoms with E-state index in [-0.39, 0.29) is 6.09 Å². The van der Waals surface area contributed by atoms with Crippen LogP contribution in [0.15, 0.2) is 60.7 Å². The fraction of sp³-hybridized carbons (Fsp3) is 0.200.